The molecule has 2 aromatic carbocycles. The van der Waals surface area contributed by atoms with Gasteiger partial charge in [0, 0.05) is 31.4 Å². The summed E-state index contributed by atoms with van der Waals surface area (Å²) in [6, 6.07) is 13.8. The van der Waals surface area contributed by atoms with E-state index in [9.17, 15) is 9.59 Å². The topological polar surface area (TPSA) is 101 Å². The SMILES string of the molecule is CCCCCC(=O)NCCc1ccc2nc(N)nc(C(=O)N3Cc4ccccc4C3)c2c1. The Morgan fingerprint density at radius 1 is 1.06 bits per heavy atom. The Morgan fingerprint density at radius 2 is 1.81 bits per heavy atom. The van der Waals surface area contributed by atoms with Crippen LogP contribution >= 0.6 is 0 Å². The van der Waals surface area contributed by atoms with Gasteiger partial charge in [0.25, 0.3) is 5.91 Å². The minimum atomic E-state index is -0.151. The van der Waals surface area contributed by atoms with E-state index in [1.165, 1.54) is 0 Å². The van der Waals surface area contributed by atoms with Gasteiger partial charge in [0.15, 0.2) is 0 Å². The Kier molecular flexibility index (Phi) is 6.63. The zero-order chi connectivity index (χ0) is 22.5. The van der Waals surface area contributed by atoms with E-state index in [1.54, 1.807) is 4.90 Å². The molecule has 3 N–H and O–H groups in total. The van der Waals surface area contributed by atoms with Gasteiger partial charge >= 0.3 is 0 Å². The number of aromatic nitrogens is 2. The first-order valence-electron chi connectivity index (χ1n) is 11.2. The fourth-order valence-corrected chi connectivity index (χ4v) is 4.11. The van der Waals surface area contributed by atoms with E-state index in [4.69, 9.17) is 5.73 Å². The Labute approximate surface area is 188 Å². The third-order valence-electron chi connectivity index (χ3n) is 5.85. The number of carbonyl (C=O) groups excluding carboxylic acids is 2. The number of rotatable bonds is 8. The maximum Gasteiger partial charge on any atom is 0.273 e. The first-order valence-corrected chi connectivity index (χ1v) is 11.2. The molecule has 7 nitrogen and oxygen atoms in total. The number of nitrogens with zero attached hydrogens (tertiary/aromatic N) is 3. The molecule has 7 heteroatoms. The molecule has 0 atom stereocenters. The van der Waals surface area contributed by atoms with Gasteiger partial charge in [-0.2, -0.15) is 0 Å². The largest absolute Gasteiger partial charge is 0.368 e. The van der Waals surface area contributed by atoms with Crippen LogP contribution in [0.2, 0.25) is 0 Å². The van der Waals surface area contributed by atoms with Crippen molar-refractivity contribution in [3.05, 3.63) is 64.8 Å². The monoisotopic (exact) mass is 431 g/mol. The van der Waals surface area contributed by atoms with Gasteiger partial charge in [-0.25, -0.2) is 9.97 Å². The predicted molar refractivity (Wildman–Crippen MR) is 125 cm³/mol. The molecule has 0 fully saturated rings. The first-order chi connectivity index (χ1) is 15.5. The number of amides is 2. The number of nitrogen functional groups attached to an aromatic ring is 1. The van der Waals surface area contributed by atoms with Crippen LogP contribution in [-0.2, 0) is 24.3 Å². The molecule has 1 aliphatic rings. The summed E-state index contributed by atoms with van der Waals surface area (Å²) in [5.74, 6) is 0.0196. The third kappa shape index (κ3) is 4.88. The molecule has 0 saturated carbocycles. The summed E-state index contributed by atoms with van der Waals surface area (Å²) < 4.78 is 0. The third-order valence-corrected chi connectivity index (χ3v) is 5.85. The van der Waals surface area contributed by atoms with Crippen molar-refractivity contribution in [2.75, 3.05) is 12.3 Å². The van der Waals surface area contributed by atoms with Crippen LogP contribution < -0.4 is 11.1 Å². The molecule has 4 rings (SSSR count). The molecule has 0 unspecified atom stereocenters. The summed E-state index contributed by atoms with van der Waals surface area (Å²) in [5, 5.41) is 3.66. The Morgan fingerprint density at radius 3 is 2.53 bits per heavy atom. The number of nitrogens with two attached hydrogens (primary N) is 1. The van der Waals surface area contributed by atoms with Crippen LogP contribution in [0.15, 0.2) is 42.5 Å². The summed E-state index contributed by atoms with van der Waals surface area (Å²) in [6.07, 6.45) is 4.32. The highest BCUT2D eigenvalue weighted by atomic mass is 16.2. The number of hydrogen-bond donors (Lipinski definition) is 2. The van der Waals surface area contributed by atoms with Crippen molar-refractivity contribution >= 4 is 28.7 Å². The molecule has 3 aromatic rings. The first kappa shape index (κ1) is 21.7. The van der Waals surface area contributed by atoms with Crippen molar-refractivity contribution in [3.8, 4) is 0 Å². The van der Waals surface area contributed by atoms with Crippen molar-refractivity contribution in [2.45, 2.75) is 52.1 Å². The van der Waals surface area contributed by atoms with Crippen molar-refractivity contribution < 1.29 is 9.59 Å². The minimum absolute atomic E-state index is 0.0832. The van der Waals surface area contributed by atoms with E-state index in [0.29, 0.717) is 49.1 Å². The van der Waals surface area contributed by atoms with E-state index >= 15 is 0 Å². The fraction of sp³-hybridized carbons (Fsp3) is 0.360. The second kappa shape index (κ2) is 9.77. The number of carbonyl (C=O) groups is 2. The minimum Gasteiger partial charge on any atom is -0.368 e. The number of unbranched alkanes of at least 4 members (excludes halogenated alkanes) is 2. The van der Waals surface area contributed by atoms with E-state index < -0.39 is 0 Å². The highest BCUT2D eigenvalue weighted by molar-refractivity contribution is 6.05. The summed E-state index contributed by atoms with van der Waals surface area (Å²) in [6.45, 7) is 3.79. The summed E-state index contributed by atoms with van der Waals surface area (Å²) >= 11 is 0. The second-order valence-corrected chi connectivity index (χ2v) is 8.27. The van der Waals surface area contributed by atoms with Gasteiger partial charge < -0.3 is 16.0 Å². The van der Waals surface area contributed by atoms with E-state index in [2.05, 4.69) is 22.2 Å². The molecule has 32 heavy (non-hydrogen) atoms. The molecule has 0 saturated heterocycles. The zero-order valence-electron chi connectivity index (χ0n) is 18.4. The second-order valence-electron chi connectivity index (χ2n) is 8.27. The number of anilines is 1. The molecule has 2 heterocycles. The quantitative estimate of drug-likeness (QED) is 0.531. The van der Waals surface area contributed by atoms with Gasteiger partial charge in [0.05, 0.1) is 5.52 Å². The van der Waals surface area contributed by atoms with Gasteiger partial charge in [0.2, 0.25) is 11.9 Å². The van der Waals surface area contributed by atoms with Gasteiger partial charge in [-0.15, -0.1) is 0 Å². The van der Waals surface area contributed by atoms with Crippen molar-refractivity contribution in [1.82, 2.24) is 20.2 Å². The number of benzene rings is 2. The molecular weight excluding hydrogens is 402 g/mol. The van der Waals surface area contributed by atoms with Gasteiger partial charge in [-0.1, -0.05) is 50.1 Å². The molecule has 2 amide bonds. The Bertz CT molecular complexity index is 1120. The number of fused-ring (bicyclic) bond motifs is 2. The highest BCUT2D eigenvalue weighted by Crippen LogP contribution is 2.26. The van der Waals surface area contributed by atoms with E-state index in [-0.39, 0.29) is 17.8 Å². The average Bonchev–Trinajstić information content (AvgIpc) is 3.23. The van der Waals surface area contributed by atoms with E-state index in [1.807, 2.05) is 42.5 Å². The molecular formula is C25H29N5O2. The zero-order valence-corrected chi connectivity index (χ0v) is 18.4. The number of nitrogens with one attached hydrogen (secondary N) is 1. The van der Waals surface area contributed by atoms with Crippen LogP contribution in [-0.4, -0.2) is 33.2 Å². The fourth-order valence-electron chi connectivity index (χ4n) is 4.11. The lowest BCUT2D eigenvalue weighted by Gasteiger charge is -2.16. The van der Waals surface area contributed by atoms with Crippen LogP contribution in [0.3, 0.4) is 0 Å². The van der Waals surface area contributed by atoms with Crippen LogP contribution in [0.1, 0.15) is 59.8 Å². The van der Waals surface area contributed by atoms with Gasteiger partial charge in [-0.3, -0.25) is 9.59 Å². The maximum absolute atomic E-state index is 13.3. The average molecular weight is 432 g/mol. The van der Waals surface area contributed by atoms with Crippen LogP contribution in [0.5, 0.6) is 0 Å². The highest BCUT2D eigenvalue weighted by Gasteiger charge is 2.26. The molecule has 0 aliphatic carbocycles. The smallest absolute Gasteiger partial charge is 0.273 e. The van der Waals surface area contributed by atoms with Crippen molar-refractivity contribution in [3.63, 3.8) is 0 Å². The number of hydrogen-bond acceptors (Lipinski definition) is 5. The lowest BCUT2D eigenvalue weighted by atomic mass is 10.1. The Hall–Kier alpha value is -3.48. The Balaban J connectivity index is 1.49. The van der Waals surface area contributed by atoms with Crippen LogP contribution in [0.4, 0.5) is 5.95 Å². The van der Waals surface area contributed by atoms with Crippen molar-refractivity contribution in [1.29, 1.82) is 0 Å². The summed E-state index contributed by atoms with van der Waals surface area (Å²) in [7, 11) is 0. The van der Waals surface area contributed by atoms with Gasteiger partial charge in [0.1, 0.15) is 5.69 Å². The van der Waals surface area contributed by atoms with Gasteiger partial charge in [-0.05, 0) is 41.7 Å². The standard InChI is InChI=1S/C25H29N5O2/c1-2-3-4-9-22(31)27-13-12-17-10-11-21-20(14-17)23(29-25(26)28-21)24(32)30-15-18-7-5-6-8-19(18)16-30/h5-8,10-11,14H,2-4,9,12-13,15-16H2,1H3,(H,27,31)(H2,26,28,29). The van der Waals surface area contributed by atoms with Crippen LogP contribution in [0.25, 0.3) is 10.9 Å². The lowest BCUT2D eigenvalue weighted by Crippen LogP contribution is -2.27. The molecule has 1 aromatic heterocycles. The van der Waals surface area contributed by atoms with Crippen molar-refractivity contribution in [2.24, 2.45) is 0 Å². The van der Waals surface area contributed by atoms with Crippen LogP contribution in [0, 0.1) is 0 Å². The molecule has 0 spiro atoms. The molecule has 0 bridgehead atoms. The molecule has 1 aliphatic heterocycles. The lowest BCUT2D eigenvalue weighted by molar-refractivity contribution is -0.121. The maximum atomic E-state index is 13.3. The summed E-state index contributed by atoms with van der Waals surface area (Å²) in [4.78, 5) is 35.7. The normalized spacial score (nSPS) is 12.7. The summed E-state index contributed by atoms with van der Waals surface area (Å²) in [5.41, 5.74) is 10.2. The predicted octanol–water partition coefficient (Wildman–Crippen LogP) is 3.61. The molecule has 166 valence electrons. The molecule has 0 radical (unpaired) electrons. The van der Waals surface area contributed by atoms with E-state index in [0.717, 1.165) is 36.0 Å².